The molecule has 1 fully saturated rings. The number of aromatic nitrogens is 2. The fourth-order valence-electron chi connectivity index (χ4n) is 2.17. The number of nitrogens with zero attached hydrogens (tertiary/aromatic N) is 2. The van der Waals surface area contributed by atoms with Crippen molar-refractivity contribution in [2.45, 2.75) is 38.4 Å². The van der Waals surface area contributed by atoms with Crippen LogP contribution in [0.15, 0.2) is 6.20 Å². The molecule has 1 aliphatic rings. The van der Waals surface area contributed by atoms with Gasteiger partial charge in [-0.3, -0.25) is 4.68 Å². The molecule has 0 spiro atoms. The van der Waals surface area contributed by atoms with Gasteiger partial charge in [-0.2, -0.15) is 5.10 Å². The average molecular weight is 238 g/mol. The lowest BCUT2D eigenvalue weighted by atomic mass is 10.2. The number of carbonyl (C=O) groups excluding carboxylic acids is 1. The first-order valence-electron chi connectivity index (χ1n) is 5.93. The highest BCUT2D eigenvalue weighted by Gasteiger charge is 2.19. The maximum Gasteiger partial charge on any atom is 0.341 e. The number of aryl methyl sites for hydroxylation is 1. The minimum Gasteiger partial charge on any atom is -0.465 e. The molecule has 0 N–H and O–H groups in total. The molecule has 0 radical (unpaired) electrons. The highest BCUT2D eigenvalue weighted by atomic mass is 16.5. The number of carbonyl (C=O) groups is 1. The van der Waals surface area contributed by atoms with Crippen molar-refractivity contribution < 1.29 is 14.3 Å². The second-order valence-electron chi connectivity index (χ2n) is 4.37. The van der Waals surface area contributed by atoms with Crippen molar-refractivity contribution >= 4 is 5.97 Å². The fourth-order valence-corrected chi connectivity index (χ4v) is 2.17. The zero-order valence-electron chi connectivity index (χ0n) is 10.3. The monoisotopic (exact) mass is 238 g/mol. The maximum atomic E-state index is 11.5. The van der Waals surface area contributed by atoms with Crippen molar-refractivity contribution in [1.29, 1.82) is 0 Å². The molecule has 0 aliphatic heterocycles. The van der Waals surface area contributed by atoms with Gasteiger partial charge in [0.1, 0.15) is 11.3 Å². The van der Waals surface area contributed by atoms with Crippen LogP contribution in [0.4, 0.5) is 0 Å². The smallest absolute Gasteiger partial charge is 0.341 e. The van der Waals surface area contributed by atoms with Crippen LogP contribution in [0.25, 0.3) is 0 Å². The molecule has 1 heterocycles. The molecule has 1 saturated carbocycles. The van der Waals surface area contributed by atoms with Crippen molar-refractivity contribution in [2.75, 3.05) is 7.11 Å². The Balaban J connectivity index is 2.01. The van der Waals surface area contributed by atoms with Gasteiger partial charge < -0.3 is 9.47 Å². The summed E-state index contributed by atoms with van der Waals surface area (Å²) in [5.41, 5.74) is 1.15. The minimum absolute atomic E-state index is 0.322. The molecule has 1 aromatic heterocycles. The van der Waals surface area contributed by atoms with Gasteiger partial charge in [0.2, 0.25) is 0 Å². The van der Waals surface area contributed by atoms with Crippen molar-refractivity contribution in [2.24, 2.45) is 7.05 Å². The first-order valence-corrected chi connectivity index (χ1v) is 5.93. The third-order valence-corrected chi connectivity index (χ3v) is 3.07. The van der Waals surface area contributed by atoms with E-state index in [9.17, 15) is 4.79 Å². The standard InChI is InChI=1S/C12H18N2O3/c1-14-7-10(12(15)16-2)11(13-14)8-17-9-5-3-4-6-9/h7,9H,3-6,8H2,1-2H3. The van der Waals surface area contributed by atoms with Gasteiger partial charge in [0, 0.05) is 13.2 Å². The Hall–Kier alpha value is -1.36. The van der Waals surface area contributed by atoms with Crippen LogP contribution in [0.2, 0.25) is 0 Å². The summed E-state index contributed by atoms with van der Waals surface area (Å²) in [7, 11) is 3.16. The SMILES string of the molecule is COC(=O)c1cn(C)nc1COC1CCCC1. The second-order valence-corrected chi connectivity index (χ2v) is 4.37. The molecule has 1 aliphatic carbocycles. The number of esters is 1. The average Bonchev–Trinajstić information content (AvgIpc) is 2.94. The molecular formula is C12H18N2O3. The van der Waals surface area contributed by atoms with E-state index in [0.29, 0.717) is 24.0 Å². The first-order chi connectivity index (χ1) is 8.20. The van der Waals surface area contributed by atoms with E-state index in [1.807, 2.05) is 0 Å². The Kier molecular flexibility index (Phi) is 3.78. The summed E-state index contributed by atoms with van der Waals surface area (Å²) >= 11 is 0. The fraction of sp³-hybridized carbons (Fsp3) is 0.667. The zero-order chi connectivity index (χ0) is 12.3. The third-order valence-electron chi connectivity index (χ3n) is 3.07. The molecule has 5 heteroatoms. The summed E-state index contributed by atoms with van der Waals surface area (Å²) in [6.07, 6.45) is 6.68. The Morgan fingerprint density at radius 1 is 1.53 bits per heavy atom. The lowest BCUT2D eigenvalue weighted by molar-refractivity contribution is 0.0412. The van der Waals surface area contributed by atoms with E-state index >= 15 is 0 Å². The van der Waals surface area contributed by atoms with Crippen molar-refractivity contribution in [3.8, 4) is 0 Å². The van der Waals surface area contributed by atoms with E-state index in [-0.39, 0.29) is 5.97 Å². The van der Waals surface area contributed by atoms with Crippen LogP contribution in [0.5, 0.6) is 0 Å². The van der Waals surface area contributed by atoms with Gasteiger partial charge >= 0.3 is 5.97 Å². The lowest BCUT2D eigenvalue weighted by Gasteiger charge is -2.09. The van der Waals surface area contributed by atoms with Crippen LogP contribution < -0.4 is 0 Å². The van der Waals surface area contributed by atoms with Crippen molar-refractivity contribution in [3.63, 3.8) is 0 Å². The van der Waals surface area contributed by atoms with E-state index in [1.54, 1.807) is 17.9 Å². The predicted octanol–water partition coefficient (Wildman–Crippen LogP) is 1.67. The summed E-state index contributed by atoms with van der Waals surface area (Å²) in [4.78, 5) is 11.5. The summed E-state index contributed by atoms with van der Waals surface area (Å²) in [6.45, 7) is 0.385. The molecule has 1 aromatic rings. The number of hydrogen-bond acceptors (Lipinski definition) is 4. The Labute approximate surface area is 101 Å². The molecule has 0 amide bonds. The van der Waals surface area contributed by atoms with E-state index in [0.717, 1.165) is 12.8 Å². The van der Waals surface area contributed by atoms with Crippen LogP contribution in [-0.4, -0.2) is 29.0 Å². The van der Waals surface area contributed by atoms with Gasteiger partial charge in [-0.1, -0.05) is 12.8 Å². The van der Waals surface area contributed by atoms with Gasteiger partial charge in [-0.05, 0) is 12.8 Å². The van der Waals surface area contributed by atoms with E-state index in [4.69, 9.17) is 9.47 Å². The van der Waals surface area contributed by atoms with E-state index < -0.39 is 0 Å². The highest BCUT2D eigenvalue weighted by molar-refractivity contribution is 5.90. The van der Waals surface area contributed by atoms with Crippen molar-refractivity contribution in [1.82, 2.24) is 9.78 Å². The molecule has 94 valence electrons. The first kappa shape index (κ1) is 12.1. The summed E-state index contributed by atoms with van der Waals surface area (Å²) < 4.78 is 12.1. The quantitative estimate of drug-likeness (QED) is 0.749. The number of methoxy groups -OCH3 is 1. The van der Waals surface area contributed by atoms with Gasteiger partial charge in [0.15, 0.2) is 0 Å². The molecule has 0 bridgehead atoms. The molecular weight excluding hydrogens is 220 g/mol. The Morgan fingerprint density at radius 3 is 2.88 bits per heavy atom. The maximum absolute atomic E-state index is 11.5. The molecule has 17 heavy (non-hydrogen) atoms. The highest BCUT2D eigenvalue weighted by Crippen LogP contribution is 2.22. The Morgan fingerprint density at radius 2 is 2.24 bits per heavy atom. The van der Waals surface area contributed by atoms with Crippen LogP contribution in [0.3, 0.4) is 0 Å². The minimum atomic E-state index is -0.358. The molecule has 0 aromatic carbocycles. The topological polar surface area (TPSA) is 53.4 Å². The van der Waals surface area contributed by atoms with Gasteiger partial charge in [-0.25, -0.2) is 4.79 Å². The lowest BCUT2D eigenvalue weighted by Crippen LogP contribution is -2.10. The van der Waals surface area contributed by atoms with Crippen LogP contribution in [-0.2, 0) is 23.1 Å². The van der Waals surface area contributed by atoms with E-state index in [2.05, 4.69) is 5.10 Å². The molecule has 0 saturated heterocycles. The van der Waals surface area contributed by atoms with Gasteiger partial charge in [-0.15, -0.1) is 0 Å². The van der Waals surface area contributed by atoms with E-state index in [1.165, 1.54) is 20.0 Å². The molecule has 2 rings (SSSR count). The van der Waals surface area contributed by atoms with Crippen LogP contribution in [0, 0.1) is 0 Å². The summed E-state index contributed by atoms with van der Waals surface area (Å²) in [5, 5.41) is 4.23. The number of hydrogen-bond donors (Lipinski definition) is 0. The Bertz CT molecular complexity index is 394. The predicted molar refractivity (Wildman–Crippen MR) is 61.6 cm³/mol. The van der Waals surface area contributed by atoms with Gasteiger partial charge in [0.25, 0.3) is 0 Å². The van der Waals surface area contributed by atoms with Crippen LogP contribution in [0.1, 0.15) is 41.7 Å². The third kappa shape index (κ3) is 2.85. The molecule has 0 atom stereocenters. The second kappa shape index (κ2) is 5.31. The summed E-state index contributed by atoms with van der Waals surface area (Å²) in [6, 6.07) is 0. The number of rotatable bonds is 4. The number of ether oxygens (including phenoxy) is 2. The normalized spacial score (nSPS) is 16.4. The summed E-state index contributed by atoms with van der Waals surface area (Å²) in [5.74, 6) is -0.358. The molecule has 0 unspecified atom stereocenters. The van der Waals surface area contributed by atoms with Gasteiger partial charge in [0.05, 0.1) is 19.8 Å². The van der Waals surface area contributed by atoms with Crippen molar-refractivity contribution in [3.05, 3.63) is 17.5 Å². The largest absolute Gasteiger partial charge is 0.465 e. The van der Waals surface area contributed by atoms with Crippen LogP contribution >= 0.6 is 0 Å². The molecule has 5 nitrogen and oxygen atoms in total. The zero-order valence-corrected chi connectivity index (χ0v) is 10.3.